The SMILES string of the molecule is CC(O)C1(C)CCOC1=O. The van der Waals surface area contributed by atoms with E-state index < -0.39 is 11.5 Å². The van der Waals surface area contributed by atoms with Crippen molar-refractivity contribution in [1.82, 2.24) is 0 Å². The lowest BCUT2D eigenvalue weighted by atomic mass is 9.84. The predicted molar refractivity (Wildman–Crippen MR) is 35.4 cm³/mol. The second-order valence-corrected chi connectivity index (χ2v) is 2.98. The fourth-order valence-corrected chi connectivity index (χ4v) is 1.00. The Bertz CT molecular complexity index is 153. The Balaban J connectivity index is 2.75. The van der Waals surface area contributed by atoms with Crippen molar-refractivity contribution in [2.45, 2.75) is 26.4 Å². The molecule has 1 heterocycles. The highest BCUT2D eigenvalue weighted by molar-refractivity contribution is 5.78. The van der Waals surface area contributed by atoms with Crippen LogP contribution in [0.3, 0.4) is 0 Å². The van der Waals surface area contributed by atoms with E-state index in [1.807, 2.05) is 0 Å². The van der Waals surface area contributed by atoms with Crippen LogP contribution in [0.1, 0.15) is 20.3 Å². The quantitative estimate of drug-likeness (QED) is 0.539. The van der Waals surface area contributed by atoms with Crippen LogP contribution in [0.2, 0.25) is 0 Å². The topological polar surface area (TPSA) is 46.5 Å². The van der Waals surface area contributed by atoms with Crippen LogP contribution in [-0.4, -0.2) is 23.8 Å². The predicted octanol–water partition coefficient (Wildman–Crippen LogP) is 0.320. The molecule has 0 bridgehead atoms. The smallest absolute Gasteiger partial charge is 0.314 e. The molecule has 1 N–H and O–H groups in total. The van der Waals surface area contributed by atoms with Gasteiger partial charge in [-0.1, -0.05) is 0 Å². The van der Waals surface area contributed by atoms with E-state index in [9.17, 15) is 9.90 Å². The number of aliphatic hydroxyl groups is 1. The van der Waals surface area contributed by atoms with Gasteiger partial charge in [0.25, 0.3) is 0 Å². The summed E-state index contributed by atoms with van der Waals surface area (Å²) in [7, 11) is 0. The molecule has 2 unspecified atom stereocenters. The average molecular weight is 144 g/mol. The molecule has 10 heavy (non-hydrogen) atoms. The molecule has 58 valence electrons. The van der Waals surface area contributed by atoms with Gasteiger partial charge in [0, 0.05) is 0 Å². The number of ether oxygens (including phenoxy) is 1. The molecule has 0 aliphatic carbocycles. The number of esters is 1. The Morgan fingerprint density at radius 2 is 2.40 bits per heavy atom. The van der Waals surface area contributed by atoms with Crippen LogP contribution in [0, 0.1) is 5.41 Å². The first-order valence-electron chi connectivity index (χ1n) is 3.42. The van der Waals surface area contributed by atoms with E-state index in [0.717, 1.165) is 0 Å². The molecule has 2 atom stereocenters. The molecule has 0 aromatic heterocycles. The van der Waals surface area contributed by atoms with Gasteiger partial charge in [-0.05, 0) is 20.3 Å². The molecule has 1 fully saturated rings. The summed E-state index contributed by atoms with van der Waals surface area (Å²) in [5.74, 6) is -0.275. The first-order chi connectivity index (χ1) is 4.57. The molecule has 0 saturated carbocycles. The van der Waals surface area contributed by atoms with Gasteiger partial charge in [0.1, 0.15) is 0 Å². The van der Waals surface area contributed by atoms with Crippen molar-refractivity contribution in [1.29, 1.82) is 0 Å². The number of hydrogen-bond donors (Lipinski definition) is 1. The Labute approximate surface area is 60.0 Å². The van der Waals surface area contributed by atoms with Gasteiger partial charge in [-0.2, -0.15) is 0 Å². The van der Waals surface area contributed by atoms with E-state index in [1.54, 1.807) is 13.8 Å². The van der Waals surface area contributed by atoms with Crippen LogP contribution in [0.5, 0.6) is 0 Å². The van der Waals surface area contributed by atoms with Crippen LogP contribution in [0.15, 0.2) is 0 Å². The molecule has 0 aromatic carbocycles. The maximum Gasteiger partial charge on any atom is 0.314 e. The zero-order valence-electron chi connectivity index (χ0n) is 6.26. The zero-order chi connectivity index (χ0) is 7.78. The van der Waals surface area contributed by atoms with E-state index in [-0.39, 0.29) is 5.97 Å². The third-order valence-electron chi connectivity index (χ3n) is 2.24. The molecule has 0 amide bonds. The number of hydrogen-bond acceptors (Lipinski definition) is 3. The van der Waals surface area contributed by atoms with Gasteiger partial charge in [-0.3, -0.25) is 4.79 Å². The molecule has 0 aromatic rings. The number of rotatable bonds is 1. The molecule has 0 radical (unpaired) electrons. The summed E-state index contributed by atoms with van der Waals surface area (Å²) in [6.07, 6.45) is 0.0197. The van der Waals surface area contributed by atoms with Gasteiger partial charge in [0.05, 0.1) is 18.1 Å². The van der Waals surface area contributed by atoms with E-state index in [1.165, 1.54) is 0 Å². The van der Waals surface area contributed by atoms with E-state index in [0.29, 0.717) is 13.0 Å². The molecule has 0 spiro atoms. The minimum Gasteiger partial charge on any atom is -0.465 e. The van der Waals surface area contributed by atoms with E-state index in [4.69, 9.17) is 4.74 Å². The van der Waals surface area contributed by atoms with Gasteiger partial charge in [0.15, 0.2) is 0 Å². The van der Waals surface area contributed by atoms with Crippen molar-refractivity contribution >= 4 is 5.97 Å². The summed E-state index contributed by atoms with van der Waals surface area (Å²) in [6.45, 7) is 3.79. The second-order valence-electron chi connectivity index (χ2n) is 2.98. The lowest BCUT2D eigenvalue weighted by molar-refractivity contribution is -0.149. The molecular weight excluding hydrogens is 132 g/mol. The zero-order valence-corrected chi connectivity index (χ0v) is 6.26. The first kappa shape index (κ1) is 7.54. The van der Waals surface area contributed by atoms with Gasteiger partial charge < -0.3 is 9.84 Å². The Hall–Kier alpha value is -0.570. The number of carbonyl (C=O) groups excluding carboxylic acids is 1. The monoisotopic (exact) mass is 144 g/mol. The van der Waals surface area contributed by atoms with Crippen molar-refractivity contribution in [3.63, 3.8) is 0 Å². The van der Waals surface area contributed by atoms with Crippen LogP contribution < -0.4 is 0 Å². The molecule has 3 heteroatoms. The van der Waals surface area contributed by atoms with Gasteiger partial charge >= 0.3 is 5.97 Å². The van der Waals surface area contributed by atoms with Gasteiger partial charge in [-0.15, -0.1) is 0 Å². The van der Waals surface area contributed by atoms with Crippen molar-refractivity contribution in [3.05, 3.63) is 0 Å². The fraction of sp³-hybridized carbons (Fsp3) is 0.857. The minimum absolute atomic E-state index is 0.275. The third-order valence-corrected chi connectivity index (χ3v) is 2.24. The van der Waals surface area contributed by atoms with Crippen LogP contribution in [0.4, 0.5) is 0 Å². The van der Waals surface area contributed by atoms with Crippen LogP contribution in [0.25, 0.3) is 0 Å². The normalized spacial score (nSPS) is 35.7. The first-order valence-corrected chi connectivity index (χ1v) is 3.42. The fourth-order valence-electron chi connectivity index (χ4n) is 1.00. The Morgan fingerprint density at radius 1 is 1.80 bits per heavy atom. The Morgan fingerprint density at radius 3 is 2.60 bits per heavy atom. The summed E-state index contributed by atoms with van der Waals surface area (Å²) < 4.78 is 4.73. The largest absolute Gasteiger partial charge is 0.465 e. The summed E-state index contributed by atoms with van der Waals surface area (Å²) in [5.41, 5.74) is -0.653. The standard InChI is InChI=1S/C7H12O3/c1-5(8)7(2)3-4-10-6(7)9/h5,8H,3-4H2,1-2H3. The summed E-state index contributed by atoms with van der Waals surface area (Å²) in [6, 6.07) is 0. The number of carbonyl (C=O) groups is 1. The molecule has 1 saturated heterocycles. The molecule has 3 nitrogen and oxygen atoms in total. The average Bonchev–Trinajstić information content (AvgIpc) is 2.15. The van der Waals surface area contributed by atoms with E-state index in [2.05, 4.69) is 0 Å². The van der Waals surface area contributed by atoms with Gasteiger partial charge in [0.2, 0.25) is 0 Å². The van der Waals surface area contributed by atoms with Crippen molar-refractivity contribution < 1.29 is 14.6 Å². The van der Waals surface area contributed by atoms with Crippen molar-refractivity contribution in [3.8, 4) is 0 Å². The van der Waals surface area contributed by atoms with Crippen molar-refractivity contribution in [2.24, 2.45) is 5.41 Å². The number of aliphatic hydroxyl groups excluding tert-OH is 1. The molecule has 1 aliphatic rings. The van der Waals surface area contributed by atoms with Crippen LogP contribution >= 0.6 is 0 Å². The maximum atomic E-state index is 11.0. The third kappa shape index (κ3) is 0.904. The van der Waals surface area contributed by atoms with E-state index >= 15 is 0 Å². The lowest BCUT2D eigenvalue weighted by Gasteiger charge is -2.21. The molecule has 1 aliphatic heterocycles. The lowest BCUT2D eigenvalue weighted by Crippen LogP contribution is -2.34. The van der Waals surface area contributed by atoms with Crippen molar-refractivity contribution in [2.75, 3.05) is 6.61 Å². The maximum absolute atomic E-state index is 11.0. The number of cyclic esters (lactones) is 1. The Kier molecular flexibility index (Phi) is 1.68. The minimum atomic E-state index is -0.653. The highest BCUT2D eigenvalue weighted by Gasteiger charge is 2.43. The second kappa shape index (κ2) is 2.23. The van der Waals surface area contributed by atoms with Crippen LogP contribution in [-0.2, 0) is 9.53 Å². The summed E-state index contributed by atoms with van der Waals surface area (Å²) in [5, 5.41) is 9.18. The highest BCUT2D eigenvalue weighted by Crippen LogP contribution is 2.32. The molecule has 1 rings (SSSR count). The highest BCUT2D eigenvalue weighted by atomic mass is 16.5. The summed E-state index contributed by atoms with van der Waals surface area (Å²) >= 11 is 0. The summed E-state index contributed by atoms with van der Waals surface area (Å²) in [4.78, 5) is 11.0. The molecular formula is C7H12O3. The van der Waals surface area contributed by atoms with Gasteiger partial charge in [-0.25, -0.2) is 0 Å².